The van der Waals surface area contributed by atoms with Gasteiger partial charge in [0.05, 0.1) is 12.2 Å². The van der Waals surface area contributed by atoms with Crippen LogP contribution in [0.4, 0.5) is 13.2 Å². The maximum atomic E-state index is 11.8. The first-order valence-corrected chi connectivity index (χ1v) is 5.49. The third kappa shape index (κ3) is 4.27. The average molecular weight is 241 g/mol. The lowest BCUT2D eigenvalue weighted by Gasteiger charge is -2.41. The molecule has 16 heavy (non-hydrogen) atoms. The highest BCUT2D eigenvalue weighted by molar-refractivity contribution is 4.95. The summed E-state index contributed by atoms with van der Waals surface area (Å²) < 4.78 is 46.1. The van der Waals surface area contributed by atoms with Crippen LogP contribution in [0.3, 0.4) is 0 Å². The smallest absolute Gasteiger partial charge is 0.375 e. The van der Waals surface area contributed by atoms with Crippen LogP contribution in [0.15, 0.2) is 0 Å². The van der Waals surface area contributed by atoms with Gasteiger partial charge in [0.2, 0.25) is 0 Å². The molecule has 1 aliphatic rings. The molecule has 96 valence electrons. The summed E-state index contributed by atoms with van der Waals surface area (Å²) in [4.78, 5) is 0. The number of ether oxygens (including phenoxy) is 2. The molecular weight excluding hydrogens is 223 g/mol. The highest BCUT2D eigenvalue weighted by Crippen LogP contribution is 2.27. The molecule has 0 aromatic carbocycles. The fraction of sp³-hybridized carbons (Fsp3) is 1.00. The number of rotatable bonds is 6. The van der Waals surface area contributed by atoms with E-state index in [9.17, 15) is 13.2 Å². The van der Waals surface area contributed by atoms with Crippen LogP contribution in [0.5, 0.6) is 0 Å². The molecule has 3 atom stereocenters. The van der Waals surface area contributed by atoms with E-state index < -0.39 is 12.6 Å². The molecule has 0 aliphatic heterocycles. The van der Waals surface area contributed by atoms with Crippen LogP contribution in [-0.4, -0.2) is 37.6 Å². The van der Waals surface area contributed by atoms with Crippen LogP contribution in [0, 0.1) is 0 Å². The van der Waals surface area contributed by atoms with Crippen molar-refractivity contribution in [2.75, 3.05) is 13.2 Å². The lowest BCUT2D eigenvalue weighted by molar-refractivity contribution is -0.154. The van der Waals surface area contributed by atoms with Crippen molar-refractivity contribution in [2.24, 2.45) is 5.73 Å². The number of nitrogens with two attached hydrogens (primary N) is 1. The standard InChI is InChI=1S/C10H18F3NO2/c1-2-15-9-7(14)6-8(9)16-5-3-4-10(11,12)13/h7-9H,2-6,14H2,1H3. The first-order valence-electron chi connectivity index (χ1n) is 5.49. The number of halogens is 3. The Balaban J connectivity index is 2.10. The lowest BCUT2D eigenvalue weighted by Crippen LogP contribution is -2.58. The summed E-state index contributed by atoms with van der Waals surface area (Å²) in [6.07, 6.45) is -4.53. The molecule has 0 heterocycles. The minimum absolute atomic E-state index is 0.00587. The zero-order chi connectivity index (χ0) is 12.2. The highest BCUT2D eigenvalue weighted by Gasteiger charge is 2.40. The Morgan fingerprint density at radius 3 is 2.50 bits per heavy atom. The van der Waals surface area contributed by atoms with Crippen LogP contribution >= 0.6 is 0 Å². The van der Waals surface area contributed by atoms with Gasteiger partial charge in [-0.1, -0.05) is 0 Å². The van der Waals surface area contributed by atoms with E-state index >= 15 is 0 Å². The number of hydrogen-bond acceptors (Lipinski definition) is 3. The summed E-state index contributed by atoms with van der Waals surface area (Å²) >= 11 is 0. The van der Waals surface area contributed by atoms with Crippen LogP contribution < -0.4 is 5.73 Å². The zero-order valence-corrected chi connectivity index (χ0v) is 9.30. The molecule has 0 amide bonds. The summed E-state index contributed by atoms with van der Waals surface area (Å²) in [7, 11) is 0. The normalized spacial score (nSPS) is 30.2. The predicted molar refractivity (Wildman–Crippen MR) is 53.0 cm³/mol. The van der Waals surface area contributed by atoms with Crippen molar-refractivity contribution in [2.45, 2.75) is 50.6 Å². The average Bonchev–Trinajstić information content (AvgIpc) is 2.17. The van der Waals surface area contributed by atoms with E-state index in [1.54, 1.807) is 0 Å². The topological polar surface area (TPSA) is 44.5 Å². The van der Waals surface area contributed by atoms with Gasteiger partial charge in [0.15, 0.2) is 0 Å². The largest absolute Gasteiger partial charge is 0.389 e. The Labute approximate surface area is 93.1 Å². The Kier molecular flexibility index (Phi) is 5.01. The highest BCUT2D eigenvalue weighted by atomic mass is 19.4. The second-order valence-corrected chi connectivity index (χ2v) is 3.95. The maximum Gasteiger partial charge on any atom is 0.389 e. The predicted octanol–water partition coefficient (Wildman–Crippen LogP) is 1.85. The SMILES string of the molecule is CCOC1C(N)CC1OCCCC(F)(F)F. The van der Waals surface area contributed by atoms with Gasteiger partial charge in [-0.15, -0.1) is 0 Å². The summed E-state index contributed by atoms with van der Waals surface area (Å²) in [6, 6.07) is -0.0485. The van der Waals surface area contributed by atoms with Crippen LogP contribution in [0.25, 0.3) is 0 Å². The van der Waals surface area contributed by atoms with E-state index in [-0.39, 0.29) is 31.3 Å². The molecule has 0 saturated heterocycles. The van der Waals surface area contributed by atoms with Crippen molar-refractivity contribution in [3.63, 3.8) is 0 Å². The maximum absolute atomic E-state index is 11.8. The van der Waals surface area contributed by atoms with Crippen molar-refractivity contribution >= 4 is 0 Å². The summed E-state index contributed by atoms with van der Waals surface area (Å²) in [5.74, 6) is 0. The van der Waals surface area contributed by atoms with E-state index in [2.05, 4.69) is 0 Å². The fourth-order valence-corrected chi connectivity index (χ4v) is 1.71. The first-order chi connectivity index (χ1) is 7.44. The third-order valence-corrected chi connectivity index (χ3v) is 2.59. The van der Waals surface area contributed by atoms with Gasteiger partial charge in [-0.2, -0.15) is 13.2 Å². The third-order valence-electron chi connectivity index (χ3n) is 2.59. The Hall–Kier alpha value is -0.330. The van der Waals surface area contributed by atoms with E-state index in [1.807, 2.05) is 6.92 Å². The molecule has 0 radical (unpaired) electrons. The lowest BCUT2D eigenvalue weighted by atomic mass is 9.86. The second kappa shape index (κ2) is 5.84. The molecule has 1 rings (SSSR count). The van der Waals surface area contributed by atoms with Gasteiger partial charge < -0.3 is 15.2 Å². The van der Waals surface area contributed by atoms with E-state index in [1.165, 1.54) is 0 Å². The quantitative estimate of drug-likeness (QED) is 0.722. The summed E-state index contributed by atoms with van der Waals surface area (Å²) in [6.45, 7) is 2.51. The van der Waals surface area contributed by atoms with Gasteiger partial charge in [-0.3, -0.25) is 0 Å². The molecule has 1 fully saturated rings. The van der Waals surface area contributed by atoms with Crippen molar-refractivity contribution < 1.29 is 22.6 Å². The van der Waals surface area contributed by atoms with E-state index in [4.69, 9.17) is 15.2 Å². The first kappa shape index (κ1) is 13.7. The molecule has 0 spiro atoms. The monoisotopic (exact) mass is 241 g/mol. The minimum atomic E-state index is -4.10. The molecule has 3 unspecified atom stereocenters. The van der Waals surface area contributed by atoms with Crippen molar-refractivity contribution in [1.82, 2.24) is 0 Å². The Morgan fingerprint density at radius 2 is 2.00 bits per heavy atom. The van der Waals surface area contributed by atoms with Gasteiger partial charge in [-0.25, -0.2) is 0 Å². The molecule has 0 aromatic rings. The van der Waals surface area contributed by atoms with Crippen molar-refractivity contribution in [3.05, 3.63) is 0 Å². The van der Waals surface area contributed by atoms with Crippen molar-refractivity contribution in [1.29, 1.82) is 0 Å². The molecule has 0 bridgehead atoms. The molecule has 1 saturated carbocycles. The van der Waals surface area contributed by atoms with Crippen LogP contribution in [-0.2, 0) is 9.47 Å². The molecule has 1 aliphatic carbocycles. The number of alkyl halides is 3. The van der Waals surface area contributed by atoms with E-state index in [0.29, 0.717) is 13.0 Å². The van der Waals surface area contributed by atoms with Gasteiger partial charge in [0.25, 0.3) is 0 Å². The molecular formula is C10H18F3NO2. The van der Waals surface area contributed by atoms with Gasteiger partial charge in [0.1, 0.15) is 0 Å². The molecule has 2 N–H and O–H groups in total. The number of hydrogen-bond donors (Lipinski definition) is 1. The minimum Gasteiger partial charge on any atom is -0.375 e. The van der Waals surface area contributed by atoms with Crippen LogP contribution in [0.2, 0.25) is 0 Å². The Morgan fingerprint density at radius 1 is 1.31 bits per heavy atom. The fourth-order valence-electron chi connectivity index (χ4n) is 1.71. The molecule has 0 aromatic heterocycles. The summed E-state index contributed by atoms with van der Waals surface area (Å²) in [5, 5.41) is 0. The van der Waals surface area contributed by atoms with Gasteiger partial charge in [0, 0.05) is 25.7 Å². The van der Waals surface area contributed by atoms with Gasteiger partial charge in [-0.05, 0) is 19.8 Å². The zero-order valence-electron chi connectivity index (χ0n) is 9.30. The molecule has 3 nitrogen and oxygen atoms in total. The van der Waals surface area contributed by atoms with E-state index in [0.717, 1.165) is 0 Å². The van der Waals surface area contributed by atoms with Gasteiger partial charge >= 0.3 is 6.18 Å². The van der Waals surface area contributed by atoms with Crippen molar-refractivity contribution in [3.8, 4) is 0 Å². The summed E-state index contributed by atoms with van der Waals surface area (Å²) in [5.41, 5.74) is 5.69. The molecule has 6 heteroatoms. The Bertz CT molecular complexity index is 211. The van der Waals surface area contributed by atoms with Crippen LogP contribution in [0.1, 0.15) is 26.2 Å². The second-order valence-electron chi connectivity index (χ2n) is 3.95.